The highest BCUT2D eigenvalue weighted by molar-refractivity contribution is 7.98. The Morgan fingerprint density at radius 3 is 2.41 bits per heavy atom. The number of hydrogen-bond donors (Lipinski definition) is 0. The van der Waals surface area contributed by atoms with Crippen LogP contribution in [0.25, 0.3) is 17.1 Å². The van der Waals surface area contributed by atoms with Gasteiger partial charge in [-0.25, -0.2) is 4.39 Å². The fourth-order valence-corrected chi connectivity index (χ4v) is 4.17. The molecule has 3 nitrogen and oxygen atoms in total. The van der Waals surface area contributed by atoms with Crippen molar-refractivity contribution in [2.75, 3.05) is 0 Å². The Bertz CT molecular complexity index is 1160. The number of aromatic nitrogens is 3. The fourth-order valence-electron chi connectivity index (χ4n) is 2.96. The summed E-state index contributed by atoms with van der Waals surface area (Å²) < 4.78 is 15.4. The van der Waals surface area contributed by atoms with Gasteiger partial charge in [0.2, 0.25) is 0 Å². The minimum absolute atomic E-state index is 0.287. The van der Waals surface area contributed by atoms with Crippen LogP contribution in [-0.2, 0) is 5.75 Å². The number of nitrogens with zero attached hydrogens (tertiary/aromatic N) is 3. The molecule has 0 amide bonds. The molecule has 3 aromatic carbocycles. The molecule has 0 fully saturated rings. The van der Waals surface area contributed by atoms with E-state index in [0.717, 1.165) is 27.5 Å². The molecule has 4 aromatic rings. The summed E-state index contributed by atoms with van der Waals surface area (Å²) in [5.41, 5.74) is 3.90. The minimum atomic E-state index is -0.287. The lowest BCUT2D eigenvalue weighted by Gasteiger charge is -2.13. The van der Waals surface area contributed by atoms with Crippen molar-refractivity contribution in [1.82, 2.24) is 14.8 Å². The van der Waals surface area contributed by atoms with Gasteiger partial charge < -0.3 is 0 Å². The second kappa shape index (κ2) is 8.57. The van der Waals surface area contributed by atoms with E-state index in [-0.39, 0.29) is 5.82 Å². The van der Waals surface area contributed by atoms with Crippen LogP contribution in [0, 0.1) is 12.7 Å². The van der Waals surface area contributed by atoms with Crippen LogP contribution in [0.5, 0.6) is 0 Å². The second-order valence-corrected chi connectivity index (χ2v) is 8.23. The van der Waals surface area contributed by atoms with E-state index < -0.39 is 0 Å². The molecule has 0 aliphatic carbocycles. The summed E-state index contributed by atoms with van der Waals surface area (Å²) in [5.74, 6) is 1.03. The third-order valence-electron chi connectivity index (χ3n) is 4.44. The molecular formula is C22H16Cl2FN3S. The molecule has 29 heavy (non-hydrogen) atoms. The summed E-state index contributed by atoms with van der Waals surface area (Å²) in [6, 6.07) is 19.9. The Kier molecular flexibility index (Phi) is 5.90. The van der Waals surface area contributed by atoms with Crippen LogP contribution in [-0.4, -0.2) is 14.8 Å². The lowest BCUT2D eigenvalue weighted by Crippen LogP contribution is -2.02. The largest absolute Gasteiger partial charge is 0.270 e. The quantitative estimate of drug-likeness (QED) is 0.311. The molecule has 7 heteroatoms. The Balaban J connectivity index is 1.74. The zero-order valence-electron chi connectivity index (χ0n) is 15.4. The van der Waals surface area contributed by atoms with Crippen molar-refractivity contribution in [2.45, 2.75) is 17.8 Å². The fraction of sp³-hybridized carbons (Fsp3) is 0.0909. The van der Waals surface area contributed by atoms with E-state index in [1.165, 1.54) is 12.1 Å². The Hall–Kier alpha value is -2.34. The van der Waals surface area contributed by atoms with Gasteiger partial charge in [0.15, 0.2) is 11.0 Å². The van der Waals surface area contributed by atoms with Crippen LogP contribution in [0.2, 0.25) is 10.0 Å². The van der Waals surface area contributed by atoms with Gasteiger partial charge in [-0.05, 0) is 60.5 Å². The summed E-state index contributed by atoms with van der Waals surface area (Å²) in [6.45, 7) is 2.04. The Morgan fingerprint density at radius 2 is 1.69 bits per heavy atom. The third kappa shape index (κ3) is 4.32. The van der Waals surface area contributed by atoms with E-state index in [1.54, 1.807) is 30.0 Å². The van der Waals surface area contributed by atoms with E-state index >= 15 is 0 Å². The van der Waals surface area contributed by atoms with Crippen LogP contribution in [0.3, 0.4) is 0 Å². The molecule has 0 bridgehead atoms. The smallest absolute Gasteiger partial charge is 0.196 e. The average Bonchev–Trinajstić information content (AvgIpc) is 3.13. The summed E-state index contributed by atoms with van der Waals surface area (Å²) in [7, 11) is 0. The normalized spacial score (nSPS) is 11.0. The maximum absolute atomic E-state index is 13.4. The highest BCUT2D eigenvalue weighted by Gasteiger charge is 2.17. The van der Waals surface area contributed by atoms with E-state index in [2.05, 4.69) is 10.2 Å². The van der Waals surface area contributed by atoms with Gasteiger partial charge in [0, 0.05) is 11.3 Å². The number of hydrogen-bond acceptors (Lipinski definition) is 3. The molecule has 0 N–H and O–H groups in total. The van der Waals surface area contributed by atoms with Gasteiger partial charge in [0.25, 0.3) is 0 Å². The summed E-state index contributed by atoms with van der Waals surface area (Å²) in [6.07, 6.45) is 0. The van der Waals surface area contributed by atoms with Crippen molar-refractivity contribution < 1.29 is 4.39 Å². The van der Waals surface area contributed by atoms with Crippen LogP contribution >= 0.6 is 35.0 Å². The van der Waals surface area contributed by atoms with E-state index in [0.29, 0.717) is 21.6 Å². The SMILES string of the molecule is Cc1ccccc1-n1c(SCc2ccc(Cl)c(Cl)c2)nnc1-c1ccc(F)cc1. The van der Waals surface area contributed by atoms with Crippen molar-refractivity contribution in [3.63, 3.8) is 0 Å². The van der Waals surface area contributed by atoms with Crippen LogP contribution < -0.4 is 0 Å². The summed E-state index contributed by atoms with van der Waals surface area (Å²) >= 11 is 13.7. The first-order chi connectivity index (χ1) is 14.0. The van der Waals surface area contributed by atoms with Crippen molar-refractivity contribution in [3.8, 4) is 17.1 Å². The Labute approximate surface area is 182 Å². The van der Waals surface area contributed by atoms with Crippen LogP contribution in [0.15, 0.2) is 71.9 Å². The molecule has 1 aromatic heterocycles. The lowest BCUT2D eigenvalue weighted by molar-refractivity contribution is 0.628. The minimum Gasteiger partial charge on any atom is -0.270 e. The summed E-state index contributed by atoms with van der Waals surface area (Å²) in [5, 5.41) is 10.6. The zero-order chi connectivity index (χ0) is 20.4. The molecule has 0 spiro atoms. The van der Waals surface area contributed by atoms with Gasteiger partial charge >= 0.3 is 0 Å². The third-order valence-corrected chi connectivity index (χ3v) is 6.18. The molecule has 0 unspecified atom stereocenters. The van der Waals surface area contributed by atoms with E-state index in [9.17, 15) is 4.39 Å². The van der Waals surface area contributed by atoms with E-state index in [1.807, 2.05) is 47.9 Å². The molecule has 0 aliphatic rings. The van der Waals surface area contributed by atoms with Crippen molar-refractivity contribution >= 4 is 35.0 Å². The van der Waals surface area contributed by atoms with Gasteiger partial charge in [-0.1, -0.05) is 59.2 Å². The molecule has 1 heterocycles. The van der Waals surface area contributed by atoms with Crippen molar-refractivity contribution in [2.24, 2.45) is 0 Å². The van der Waals surface area contributed by atoms with Gasteiger partial charge in [-0.3, -0.25) is 4.57 Å². The molecular weight excluding hydrogens is 428 g/mol. The lowest BCUT2D eigenvalue weighted by atomic mass is 10.1. The van der Waals surface area contributed by atoms with Gasteiger partial charge in [-0.2, -0.15) is 0 Å². The maximum atomic E-state index is 13.4. The predicted molar refractivity (Wildman–Crippen MR) is 118 cm³/mol. The molecule has 0 atom stereocenters. The summed E-state index contributed by atoms with van der Waals surface area (Å²) in [4.78, 5) is 0. The first kappa shape index (κ1) is 20.0. The molecule has 0 aliphatic heterocycles. The monoisotopic (exact) mass is 443 g/mol. The average molecular weight is 444 g/mol. The highest BCUT2D eigenvalue weighted by Crippen LogP contribution is 2.32. The molecule has 0 saturated heterocycles. The number of rotatable bonds is 5. The van der Waals surface area contributed by atoms with Crippen LogP contribution in [0.4, 0.5) is 4.39 Å². The highest BCUT2D eigenvalue weighted by atomic mass is 35.5. The van der Waals surface area contributed by atoms with Gasteiger partial charge in [0.1, 0.15) is 5.82 Å². The van der Waals surface area contributed by atoms with Gasteiger partial charge in [0.05, 0.1) is 15.7 Å². The molecule has 4 rings (SSSR count). The predicted octanol–water partition coefficient (Wildman–Crippen LogP) is 6.98. The first-order valence-electron chi connectivity index (χ1n) is 8.87. The number of halogens is 3. The maximum Gasteiger partial charge on any atom is 0.196 e. The molecule has 146 valence electrons. The second-order valence-electron chi connectivity index (χ2n) is 6.47. The van der Waals surface area contributed by atoms with E-state index in [4.69, 9.17) is 23.2 Å². The van der Waals surface area contributed by atoms with Gasteiger partial charge in [-0.15, -0.1) is 10.2 Å². The Morgan fingerprint density at radius 1 is 0.931 bits per heavy atom. The number of aryl methyl sites for hydroxylation is 1. The number of thioether (sulfide) groups is 1. The number of para-hydroxylation sites is 1. The van der Waals surface area contributed by atoms with Crippen molar-refractivity contribution in [3.05, 3.63) is 93.7 Å². The zero-order valence-corrected chi connectivity index (χ0v) is 17.8. The number of benzene rings is 3. The molecule has 0 radical (unpaired) electrons. The standard InChI is InChI=1S/C22H16Cl2FN3S/c1-14-4-2-3-5-20(14)28-21(16-7-9-17(25)10-8-16)26-27-22(28)29-13-15-6-11-18(23)19(24)12-15/h2-12H,13H2,1H3. The van der Waals surface area contributed by atoms with Crippen molar-refractivity contribution in [1.29, 1.82) is 0 Å². The topological polar surface area (TPSA) is 30.7 Å². The first-order valence-corrected chi connectivity index (χ1v) is 10.6. The van der Waals surface area contributed by atoms with Crippen LogP contribution in [0.1, 0.15) is 11.1 Å². The molecule has 0 saturated carbocycles.